The molecule has 2 aromatic heterocycles. The molecule has 0 saturated heterocycles. The lowest BCUT2D eigenvalue weighted by Crippen LogP contribution is -2.38. The number of fused-ring (bicyclic) bond motifs is 2. The Labute approximate surface area is 154 Å². The van der Waals surface area contributed by atoms with Crippen molar-refractivity contribution in [3.05, 3.63) is 50.1 Å². The minimum atomic E-state index is -0.314. The van der Waals surface area contributed by atoms with Crippen molar-refractivity contribution in [3.8, 4) is 0 Å². The van der Waals surface area contributed by atoms with Gasteiger partial charge in [-0.1, -0.05) is 37.8 Å². The van der Waals surface area contributed by atoms with Gasteiger partial charge in [0.05, 0.1) is 11.5 Å². The van der Waals surface area contributed by atoms with Gasteiger partial charge in [0.15, 0.2) is 5.16 Å². The van der Waals surface area contributed by atoms with E-state index in [1.807, 2.05) is 17.5 Å². The molecule has 5 nitrogen and oxygen atoms in total. The van der Waals surface area contributed by atoms with Crippen LogP contribution in [0.2, 0.25) is 0 Å². The molecule has 4 rings (SSSR count). The van der Waals surface area contributed by atoms with Crippen LogP contribution >= 0.6 is 23.1 Å². The van der Waals surface area contributed by atoms with Crippen LogP contribution in [0.1, 0.15) is 43.0 Å². The largest absolute Gasteiger partial charge is 0.343 e. The van der Waals surface area contributed by atoms with E-state index in [1.165, 1.54) is 11.8 Å². The molecule has 0 fully saturated rings. The lowest BCUT2D eigenvalue weighted by molar-refractivity contribution is -0.122. The Morgan fingerprint density at radius 3 is 2.88 bits per heavy atom. The second-order valence-electron chi connectivity index (χ2n) is 6.56. The average Bonchev–Trinajstić information content (AvgIpc) is 3.06. The van der Waals surface area contributed by atoms with Crippen LogP contribution in [0.25, 0.3) is 0 Å². The lowest BCUT2D eigenvalue weighted by atomic mass is 9.74. The van der Waals surface area contributed by atoms with Crippen molar-refractivity contribution in [2.45, 2.75) is 43.0 Å². The summed E-state index contributed by atoms with van der Waals surface area (Å²) in [6.45, 7) is 4.12. The number of thioether (sulfide) groups is 1. The van der Waals surface area contributed by atoms with E-state index in [0.717, 1.165) is 17.0 Å². The van der Waals surface area contributed by atoms with Crippen molar-refractivity contribution < 1.29 is 4.79 Å². The molecule has 7 heteroatoms. The van der Waals surface area contributed by atoms with Crippen LogP contribution in [0, 0.1) is 5.92 Å². The molecular weight excluding hydrogens is 354 g/mol. The number of nitrogens with one attached hydrogen (secondary N) is 2. The highest BCUT2D eigenvalue weighted by Gasteiger charge is 2.42. The zero-order valence-electron chi connectivity index (χ0n) is 14.0. The van der Waals surface area contributed by atoms with Gasteiger partial charge in [-0.05, 0) is 17.9 Å². The van der Waals surface area contributed by atoms with Crippen LogP contribution < -0.4 is 10.9 Å². The van der Waals surface area contributed by atoms with Gasteiger partial charge < -0.3 is 10.3 Å². The van der Waals surface area contributed by atoms with E-state index < -0.39 is 0 Å². The summed E-state index contributed by atoms with van der Waals surface area (Å²) in [4.78, 5) is 34.1. The number of nitrogens with zero attached hydrogens (tertiary/aromatic N) is 1. The van der Waals surface area contributed by atoms with Crippen molar-refractivity contribution in [1.82, 2.24) is 9.97 Å². The fourth-order valence-electron chi connectivity index (χ4n) is 3.52. The third-order valence-electron chi connectivity index (χ3n) is 4.47. The number of allylic oxidation sites excluding steroid dienone is 2. The molecule has 2 N–H and O–H groups in total. The maximum Gasteiger partial charge on any atom is 0.257 e. The molecule has 1 aliphatic carbocycles. The summed E-state index contributed by atoms with van der Waals surface area (Å²) in [5.41, 5.74) is 1.31. The van der Waals surface area contributed by atoms with Gasteiger partial charge in [0.25, 0.3) is 5.56 Å². The molecule has 25 heavy (non-hydrogen) atoms. The highest BCUT2D eigenvalue weighted by molar-refractivity contribution is 7.99. The van der Waals surface area contributed by atoms with Crippen LogP contribution in [0.3, 0.4) is 0 Å². The summed E-state index contributed by atoms with van der Waals surface area (Å²) in [5, 5.41) is 6.19. The van der Waals surface area contributed by atoms with Gasteiger partial charge in [-0.25, -0.2) is 4.98 Å². The first kappa shape index (κ1) is 16.6. The van der Waals surface area contributed by atoms with E-state index in [4.69, 9.17) is 0 Å². The van der Waals surface area contributed by atoms with E-state index in [2.05, 4.69) is 35.2 Å². The summed E-state index contributed by atoms with van der Waals surface area (Å²) in [6, 6.07) is 3.96. The zero-order chi connectivity index (χ0) is 17.6. The lowest BCUT2D eigenvalue weighted by Gasteiger charge is -2.36. The average molecular weight is 374 g/mol. The number of anilines is 1. The molecule has 130 valence electrons. The molecule has 2 aliphatic rings. The fraction of sp³-hybridized carbons (Fsp3) is 0.389. The number of carbonyl (C=O) groups excluding carboxylic acids is 1. The molecule has 2 aromatic rings. The summed E-state index contributed by atoms with van der Waals surface area (Å²) >= 11 is 3.10. The van der Waals surface area contributed by atoms with E-state index in [9.17, 15) is 9.59 Å². The predicted octanol–water partition coefficient (Wildman–Crippen LogP) is 3.75. The molecule has 0 saturated carbocycles. The quantitative estimate of drug-likeness (QED) is 0.633. The molecule has 2 atom stereocenters. The molecule has 0 bridgehead atoms. The van der Waals surface area contributed by atoms with Crippen molar-refractivity contribution >= 4 is 34.7 Å². The normalized spacial score (nSPS) is 22.2. The second kappa shape index (κ2) is 6.46. The van der Waals surface area contributed by atoms with Gasteiger partial charge >= 0.3 is 0 Å². The zero-order valence-corrected chi connectivity index (χ0v) is 15.7. The van der Waals surface area contributed by atoms with Gasteiger partial charge in [0.2, 0.25) is 0 Å². The van der Waals surface area contributed by atoms with Crippen LogP contribution in [0.5, 0.6) is 0 Å². The monoisotopic (exact) mass is 373 g/mol. The van der Waals surface area contributed by atoms with E-state index in [0.29, 0.717) is 28.2 Å². The highest BCUT2D eigenvalue weighted by atomic mass is 32.2. The number of thiophene rings is 1. The van der Waals surface area contributed by atoms with E-state index >= 15 is 0 Å². The Hall–Kier alpha value is -1.86. The maximum absolute atomic E-state index is 12.9. The first-order chi connectivity index (χ1) is 12.0. The number of H-pyrrole nitrogens is 1. The molecule has 0 radical (unpaired) electrons. The number of rotatable bonds is 3. The first-order valence-electron chi connectivity index (χ1n) is 8.38. The number of aromatic amines is 1. The topological polar surface area (TPSA) is 74.8 Å². The number of ketones is 1. The molecule has 3 heterocycles. The van der Waals surface area contributed by atoms with Gasteiger partial charge in [0.1, 0.15) is 11.6 Å². The predicted molar refractivity (Wildman–Crippen MR) is 101 cm³/mol. The summed E-state index contributed by atoms with van der Waals surface area (Å²) in [7, 11) is 0. The Morgan fingerprint density at radius 2 is 2.16 bits per heavy atom. The smallest absolute Gasteiger partial charge is 0.257 e. The first-order valence-corrected chi connectivity index (χ1v) is 10.1. The van der Waals surface area contributed by atoms with Crippen LogP contribution in [0.4, 0.5) is 5.82 Å². The highest BCUT2D eigenvalue weighted by Crippen LogP contribution is 2.46. The van der Waals surface area contributed by atoms with Gasteiger partial charge in [-0.2, -0.15) is 0 Å². The van der Waals surface area contributed by atoms with Crippen molar-refractivity contribution in [1.29, 1.82) is 0 Å². The van der Waals surface area contributed by atoms with Gasteiger partial charge in [-0.3, -0.25) is 9.59 Å². The summed E-state index contributed by atoms with van der Waals surface area (Å²) in [5.74, 6) is 0.202. The second-order valence-corrected chi connectivity index (χ2v) is 9.10. The Balaban J connectivity index is 1.90. The molecule has 0 unspecified atom stereocenters. The third-order valence-corrected chi connectivity index (χ3v) is 6.32. The van der Waals surface area contributed by atoms with E-state index in [-0.39, 0.29) is 23.2 Å². The van der Waals surface area contributed by atoms with Crippen LogP contribution in [-0.2, 0) is 4.79 Å². The summed E-state index contributed by atoms with van der Waals surface area (Å²) < 4.78 is 0. The van der Waals surface area contributed by atoms with Crippen molar-refractivity contribution in [2.75, 3.05) is 5.32 Å². The number of aromatic nitrogens is 2. The minimum Gasteiger partial charge on any atom is -0.343 e. The Kier molecular flexibility index (Phi) is 4.29. The minimum absolute atomic E-state index is 0.156. The Morgan fingerprint density at radius 1 is 1.32 bits per heavy atom. The molecule has 0 amide bonds. The summed E-state index contributed by atoms with van der Waals surface area (Å²) in [6.07, 6.45) is 3.34. The van der Waals surface area contributed by atoms with Gasteiger partial charge in [0, 0.05) is 28.2 Å². The van der Waals surface area contributed by atoms with Gasteiger partial charge in [-0.15, -0.1) is 11.3 Å². The number of hydrogen-bond donors (Lipinski definition) is 2. The number of Topliss-reactive ketones (excluding diaryl/α,β-unsaturated/α-hetero) is 1. The number of carbonyl (C=O) groups is 1. The van der Waals surface area contributed by atoms with Crippen LogP contribution in [-0.4, -0.2) is 21.0 Å². The molecule has 1 aliphatic heterocycles. The molecular formula is C18H19N3O2S2. The SMILES string of the molecule is CC(C)Sc1nc2c(c(=O)[nH]1)[C@@H](c1cccs1)[C@@H]1C(=O)CCC=C1N2. The van der Waals surface area contributed by atoms with Crippen LogP contribution in [0.15, 0.2) is 39.2 Å². The van der Waals surface area contributed by atoms with E-state index in [1.54, 1.807) is 11.3 Å². The standard InChI is InChI=1S/C18H19N3O2S2/c1-9(2)25-18-20-16-15(17(23)21-18)14(12-7-4-8-24-12)13-10(19-16)5-3-6-11(13)22/h4-5,7-9,13-14H,3,6H2,1-2H3,(H2,19,20,21,23)/t13-,14-/m0/s1. The molecule has 0 aromatic carbocycles. The number of hydrogen-bond acceptors (Lipinski definition) is 6. The van der Waals surface area contributed by atoms with Crippen molar-refractivity contribution in [2.24, 2.45) is 5.92 Å². The molecule has 0 spiro atoms. The maximum atomic E-state index is 12.9. The third kappa shape index (κ3) is 2.95. The fourth-order valence-corrected chi connectivity index (χ4v) is 5.14. The Bertz CT molecular complexity index is 900. The van der Waals surface area contributed by atoms with Crippen molar-refractivity contribution in [3.63, 3.8) is 0 Å².